The molecule has 8 rings (SSSR count). The lowest BCUT2D eigenvalue weighted by atomic mass is 10.1. The van der Waals surface area contributed by atoms with Gasteiger partial charge >= 0.3 is 0 Å². The third kappa shape index (κ3) is 4.17. The lowest BCUT2D eigenvalue weighted by molar-refractivity contribution is 0.0700. The van der Waals surface area contributed by atoms with Gasteiger partial charge in [-0.3, -0.25) is 9.59 Å². The number of carbonyl (C=O) groups is 2. The van der Waals surface area contributed by atoms with E-state index < -0.39 is 11.7 Å². The minimum absolute atomic E-state index is 0.0139. The van der Waals surface area contributed by atoms with Crippen molar-refractivity contribution < 1.29 is 18.4 Å². The smallest absolute Gasteiger partial charge is 0.254 e. The normalized spacial score (nSPS) is 21.4. The molecule has 2 bridgehead atoms. The molecule has 3 fully saturated rings. The number of amides is 2. The van der Waals surface area contributed by atoms with Gasteiger partial charge in [-0.2, -0.15) is 0 Å². The highest BCUT2D eigenvalue weighted by Crippen LogP contribution is 2.41. The Morgan fingerprint density at radius 1 is 1.05 bits per heavy atom. The number of aromatic nitrogens is 2. The minimum atomic E-state index is -0.805. The summed E-state index contributed by atoms with van der Waals surface area (Å²) in [6.45, 7) is 3.56. The zero-order valence-corrected chi connectivity index (χ0v) is 23.8. The third-order valence-electron chi connectivity index (χ3n) is 9.74. The van der Waals surface area contributed by atoms with Crippen LogP contribution < -0.4 is 11.5 Å². The Labute approximate surface area is 247 Å². The van der Waals surface area contributed by atoms with E-state index in [4.69, 9.17) is 20.9 Å². The van der Waals surface area contributed by atoms with Gasteiger partial charge in [0.15, 0.2) is 5.76 Å². The number of aryl methyl sites for hydroxylation is 1. The number of halogens is 1. The van der Waals surface area contributed by atoms with Crippen LogP contribution in [0.3, 0.4) is 0 Å². The molecule has 4 heterocycles. The molecule has 8 nitrogen and oxygen atoms in total. The summed E-state index contributed by atoms with van der Waals surface area (Å²) in [5.74, 6) is 0.241. The average molecular weight is 578 g/mol. The number of rotatable bonds is 6. The summed E-state index contributed by atoms with van der Waals surface area (Å²) in [6, 6.07) is 16.2. The Hall–Kier alpha value is -4.50. The van der Waals surface area contributed by atoms with Crippen LogP contribution in [0.4, 0.5) is 4.39 Å². The molecule has 43 heavy (non-hydrogen) atoms. The summed E-state index contributed by atoms with van der Waals surface area (Å²) in [6.07, 6.45) is 4.38. The van der Waals surface area contributed by atoms with Crippen LogP contribution in [-0.4, -0.2) is 44.9 Å². The van der Waals surface area contributed by atoms with Crippen molar-refractivity contribution in [3.63, 3.8) is 0 Å². The molecule has 1 saturated heterocycles. The second-order valence-electron chi connectivity index (χ2n) is 12.5. The summed E-state index contributed by atoms with van der Waals surface area (Å²) in [7, 11) is 0. The molecule has 9 heteroatoms. The summed E-state index contributed by atoms with van der Waals surface area (Å²) < 4.78 is 23.3. The van der Waals surface area contributed by atoms with E-state index in [0.29, 0.717) is 34.2 Å². The number of carbonyl (C=O) groups excluding carboxylic acids is 2. The van der Waals surface area contributed by atoms with Gasteiger partial charge in [-0.1, -0.05) is 12.1 Å². The van der Waals surface area contributed by atoms with Crippen molar-refractivity contribution in [2.24, 2.45) is 23.3 Å². The molecule has 2 saturated carbocycles. The largest absolute Gasteiger partial charge is 0.454 e. The van der Waals surface area contributed by atoms with E-state index in [1.165, 1.54) is 12.1 Å². The molecule has 0 radical (unpaired) electrons. The van der Waals surface area contributed by atoms with Gasteiger partial charge in [-0.05, 0) is 86.9 Å². The predicted octanol–water partition coefficient (Wildman–Crippen LogP) is 5.63. The number of piperidine rings is 1. The maximum atomic E-state index is 14.6. The molecule has 2 amide bonds. The fourth-order valence-corrected chi connectivity index (χ4v) is 7.14. The number of primary amides is 1. The molecule has 3 aliphatic rings. The van der Waals surface area contributed by atoms with Gasteiger partial charge < -0.3 is 25.4 Å². The van der Waals surface area contributed by atoms with Crippen molar-refractivity contribution in [2.45, 2.75) is 51.2 Å². The van der Waals surface area contributed by atoms with Crippen LogP contribution in [0.25, 0.3) is 44.7 Å². The number of hydrogen-bond acceptors (Lipinski definition) is 5. The molecule has 4 N–H and O–H groups in total. The van der Waals surface area contributed by atoms with Crippen LogP contribution in [0.5, 0.6) is 0 Å². The number of likely N-dealkylation sites (tertiary alicyclic amines) is 1. The quantitative estimate of drug-likeness (QED) is 0.271. The Kier molecular flexibility index (Phi) is 5.78. The van der Waals surface area contributed by atoms with Gasteiger partial charge in [0.25, 0.3) is 11.8 Å². The van der Waals surface area contributed by atoms with Gasteiger partial charge in [0.2, 0.25) is 0 Å². The zero-order chi connectivity index (χ0) is 29.6. The summed E-state index contributed by atoms with van der Waals surface area (Å²) in [5.41, 5.74) is 16.7. The highest BCUT2D eigenvalue weighted by Gasteiger charge is 2.46. The first-order chi connectivity index (χ1) is 20.8. The van der Waals surface area contributed by atoms with Crippen LogP contribution in [0.15, 0.2) is 59.0 Å². The van der Waals surface area contributed by atoms with Crippen molar-refractivity contribution in [2.75, 3.05) is 6.54 Å². The minimum Gasteiger partial charge on any atom is -0.454 e. The average Bonchev–Trinajstić information content (AvgIpc) is 3.41. The van der Waals surface area contributed by atoms with Crippen molar-refractivity contribution in [3.8, 4) is 22.7 Å². The van der Waals surface area contributed by atoms with Crippen molar-refractivity contribution >= 4 is 33.8 Å². The van der Waals surface area contributed by atoms with Crippen LogP contribution in [0, 0.1) is 24.6 Å². The molecule has 0 spiro atoms. The molecule has 3 atom stereocenters. The van der Waals surface area contributed by atoms with Crippen LogP contribution in [0.1, 0.15) is 52.0 Å². The zero-order valence-electron chi connectivity index (χ0n) is 23.8. The number of furan rings is 1. The molecule has 3 aromatic heterocycles. The summed E-state index contributed by atoms with van der Waals surface area (Å²) in [5, 5.41) is 1.91. The Balaban J connectivity index is 1.19. The first-order valence-electron chi connectivity index (χ1n) is 15.0. The third-order valence-corrected chi connectivity index (χ3v) is 9.74. The summed E-state index contributed by atoms with van der Waals surface area (Å²) in [4.78, 5) is 31.9. The van der Waals surface area contributed by atoms with E-state index in [1.54, 1.807) is 6.07 Å². The van der Waals surface area contributed by atoms with E-state index in [-0.39, 0.29) is 23.6 Å². The molecule has 1 aliphatic heterocycles. The summed E-state index contributed by atoms with van der Waals surface area (Å²) >= 11 is 0. The monoisotopic (exact) mass is 577 g/mol. The topological polar surface area (TPSA) is 120 Å². The number of hydrogen-bond donors (Lipinski definition) is 2. The fourth-order valence-electron chi connectivity index (χ4n) is 7.14. The van der Waals surface area contributed by atoms with Crippen molar-refractivity contribution in [3.05, 3.63) is 77.1 Å². The standard InChI is InChI=1S/C34H32FN5O3/c1-17-23-8-5-21(34(42)40-16-22-7-11-27(40)30(22)36)14-29(23)43-31(17)28-13-20-6-10-26(38-33(20)39(28)15-18-2-3-18)19-4-9-24(32(37)41)25(35)12-19/h4-6,8-10,12-14,18,22,27,30H,2-3,7,11,15-16,36H2,1H3,(H2,37,41)/t22?,27?,30-/m1/s1. The van der Waals surface area contributed by atoms with Crippen LogP contribution >= 0.6 is 0 Å². The molecular weight excluding hydrogens is 545 g/mol. The van der Waals surface area contributed by atoms with E-state index >= 15 is 0 Å². The van der Waals surface area contributed by atoms with Gasteiger partial charge in [0, 0.05) is 52.6 Å². The maximum Gasteiger partial charge on any atom is 0.254 e. The first kappa shape index (κ1) is 26.2. The lowest BCUT2D eigenvalue weighted by Crippen LogP contribution is -2.41. The number of nitrogens with zero attached hydrogens (tertiary/aromatic N) is 3. The second-order valence-corrected chi connectivity index (χ2v) is 12.5. The Morgan fingerprint density at radius 2 is 1.88 bits per heavy atom. The molecule has 218 valence electrons. The number of pyridine rings is 1. The molecular formula is C34H32FN5O3. The van der Waals surface area contributed by atoms with Crippen LogP contribution in [0.2, 0.25) is 0 Å². The second kappa shape index (κ2) is 9.50. The molecule has 2 aliphatic carbocycles. The van der Waals surface area contributed by atoms with Gasteiger partial charge in [0.1, 0.15) is 17.0 Å². The van der Waals surface area contributed by atoms with Crippen molar-refractivity contribution in [1.82, 2.24) is 14.5 Å². The fraction of sp³-hybridized carbons (Fsp3) is 0.324. The van der Waals surface area contributed by atoms with E-state index in [0.717, 1.165) is 72.2 Å². The van der Waals surface area contributed by atoms with Gasteiger partial charge in [-0.25, -0.2) is 9.37 Å². The van der Waals surface area contributed by atoms with E-state index in [1.807, 2.05) is 42.2 Å². The Bertz CT molecular complexity index is 1970. The van der Waals surface area contributed by atoms with Gasteiger partial charge in [0.05, 0.1) is 17.0 Å². The Morgan fingerprint density at radius 3 is 2.58 bits per heavy atom. The van der Waals surface area contributed by atoms with E-state index in [2.05, 4.69) is 10.6 Å². The highest BCUT2D eigenvalue weighted by atomic mass is 19.1. The van der Waals surface area contributed by atoms with Crippen LogP contribution in [-0.2, 0) is 6.54 Å². The highest BCUT2D eigenvalue weighted by molar-refractivity contribution is 6.00. The molecule has 2 aromatic carbocycles. The predicted molar refractivity (Wildman–Crippen MR) is 162 cm³/mol. The number of fused-ring (bicyclic) bond motifs is 4. The molecule has 5 aromatic rings. The first-order valence-corrected chi connectivity index (χ1v) is 15.0. The maximum absolute atomic E-state index is 14.6. The van der Waals surface area contributed by atoms with E-state index in [9.17, 15) is 14.0 Å². The number of nitrogens with two attached hydrogens (primary N) is 2. The molecule has 2 unspecified atom stereocenters. The lowest BCUT2D eigenvalue weighted by Gasteiger charge is -2.27. The van der Waals surface area contributed by atoms with Crippen molar-refractivity contribution in [1.29, 1.82) is 0 Å². The SMILES string of the molecule is Cc1c(-c2cc3ccc(-c4ccc(C(N)=O)c(F)c4)nc3n2CC2CC2)oc2cc(C(=O)N3CC4CCC3[C@@H]4N)ccc12. The van der Waals surface area contributed by atoms with Gasteiger partial charge in [-0.15, -0.1) is 0 Å². The number of benzene rings is 2.